The number of hydrogen-bond donors (Lipinski definition) is 0. The number of carbonyl (C=O) groups is 2. The van der Waals surface area contributed by atoms with E-state index in [9.17, 15) is 9.59 Å². The highest BCUT2D eigenvalue weighted by molar-refractivity contribution is 6.29. The number of fused-ring (bicyclic) bond motifs is 1. The van der Waals surface area contributed by atoms with Crippen LogP contribution in [0, 0.1) is 0 Å². The van der Waals surface area contributed by atoms with E-state index in [1.165, 1.54) is 0 Å². The van der Waals surface area contributed by atoms with Crippen molar-refractivity contribution in [3.63, 3.8) is 0 Å². The Morgan fingerprint density at radius 1 is 1.12 bits per heavy atom. The van der Waals surface area contributed by atoms with Crippen LogP contribution in [-0.4, -0.2) is 34.5 Å². The Bertz CT molecular complexity index is 412. The van der Waals surface area contributed by atoms with Gasteiger partial charge in [-0.05, 0) is 12.1 Å². The standard InChI is InChI=1S/C11H9Cl2NO2/c12-5-7(13)6-14-10(15)8-3-1-2-4-9(8)11(14)16/h1-4,7H,5-6H2. The summed E-state index contributed by atoms with van der Waals surface area (Å²) in [5, 5.41) is -0.413. The second-order valence-electron chi connectivity index (χ2n) is 3.52. The zero-order chi connectivity index (χ0) is 11.7. The largest absolute Gasteiger partial charge is 0.273 e. The van der Waals surface area contributed by atoms with E-state index in [1.54, 1.807) is 24.3 Å². The molecule has 16 heavy (non-hydrogen) atoms. The first-order chi connectivity index (χ1) is 7.65. The van der Waals surface area contributed by atoms with Crippen LogP contribution in [-0.2, 0) is 0 Å². The maximum atomic E-state index is 11.9. The highest BCUT2D eigenvalue weighted by Gasteiger charge is 2.35. The Hall–Kier alpha value is -1.06. The van der Waals surface area contributed by atoms with Crippen LogP contribution in [0.15, 0.2) is 24.3 Å². The maximum Gasteiger partial charge on any atom is 0.261 e. The molecule has 0 fully saturated rings. The Morgan fingerprint density at radius 2 is 1.62 bits per heavy atom. The van der Waals surface area contributed by atoms with Gasteiger partial charge in [0.25, 0.3) is 11.8 Å². The second-order valence-corrected chi connectivity index (χ2v) is 4.44. The van der Waals surface area contributed by atoms with Crippen LogP contribution >= 0.6 is 23.2 Å². The summed E-state index contributed by atoms with van der Waals surface area (Å²) in [4.78, 5) is 24.9. The van der Waals surface area contributed by atoms with Crippen LogP contribution in [0.1, 0.15) is 20.7 Å². The lowest BCUT2D eigenvalue weighted by Crippen LogP contribution is -2.35. The zero-order valence-electron chi connectivity index (χ0n) is 8.32. The van der Waals surface area contributed by atoms with Crippen LogP contribution in [0.3, 0.4) is 0 Å². The summed E-state index contributed by atoms with van der Waals surface area (Å²) in [5.74, 6) is -0.387. The normalized spacial score (nSPS) is 16.5. The van der Waals surface area contributed by atoms with E-state index in [1.807, 2.05) is 0 Å². The quantitative estimate of drug-likeness (QED) is 0.615. The number of alkyl halides is 2. The average Bonchev–Trinajstić information content (AvgIpc) is 2.55. The number of halogens is 2. The van der Waals surface area contributed by atoms with Gasteiger partial charge in [-0.1, -0.05) is 12.1 Å². The van der Waals surface area contributed by atoms with E-state index in [0.29, 0.717) is 11.1 Å². The van der Waals surface area contributed by atoms with E-state index in [4.69, 9.17) is 23.2 Å². The second kappa shape index (κ2) is 4.44. The predicted molar refractivity (Wildman–Crippen MR) is 62.2 cm³/mol. The molecule has 1 aliphatic heterocycles. The van der Waals surface area contributed by atoms with Crippen LogP contribution < -0.4 is 0 Å². The molecule has 0 aromatic heterocycles. The van der Waals surface area contributed by atoms with E-state index >= 15 is 0 Å². The number of amides is 2. The fourth-order valence-corrected chi connectivity index (χ4v) is 1.89. The third-order valence-electron chi connectivity index (χ3n) is 2.43. The first-order valence-electron chi connectivity index (χ1n) is 4.80. The average molecular weight is 258 g/mol. The van der Waals surface area contributed by atoms with Crippen molar-refractivity contribution in [2.75, 3.05) is 12.4 Å². The molecule has 0 saturated carbocycles. The molecule has 84 valence electrons. The van der Waals surface area contributed by atoms with Crippen LogP contribution in [0.4, 0.5) is 0 Å². The van der Waals surface area contributed by atoms with Gasteiger partial charge in [-0.25, -0.2) is 0 Å². The molecule has 0 bridgehead atoms. The SMILES string of the molecule is O=C1c2ccccc2C(=O)N1CC(Cl)CCl. The van der Waals surface area contributed by atoms with Gasteiger partial charge in [-0.3, -0.25) is 14.5 Å². The topological polar surface area (TPSA) is 37.4 Å². The molecule has 1 unspecified atom stereocenters. The molecular weight excluding hydrogens is 249 g/mol. The molecular formula is C11H9Cl2NO2. The van der Waals surface area contributed by atoms with Gasteiger partial charge in [-0.2, -0.15) is 0 Å². The summed E-state index contributed by atoms with van der Waals surface area (Å²) in [7, 11) is 0. The Balaban J connectivity index is 2.28. The zero-order valence-corrected chi connectivity index (χ0v) is 9.83. The van der Waals surface area contributed by atoms with Gasteiger partial charge >= 0.3 is 0 Å². The maximum absolute atomic E-state index is 11.9. The van der Waals surface area contributed by atoms with Crippen molar-refractivity contribution in [3.8, 4) is 0 Å². The molecule has 0 radical (unpaired) electrons. The summed E-state index contributed by atoms with van der Waals surface area (Å²) >= 11 is 11.4. The molecule has 0 N–H and O–H groups in total. The summed E-state index contributed by atoms with van der Waals surface area (Å²) < 4.78 is 0. The number of nitrogens with zero attached hydrogens (tertiary/aromatic N) is 1. The molecule has 1 aromatic rings. The van der Waals surface area contributed by atoms with Gasteiger partial charge in [0.05, 0.1) is 16.5 Å². The van der Waals surface area contributed by atoms with Crippen molar-refractivity contribution < 1.29 is 9.59 Å². The molecule has 5 heteroatoms. The fourth-order valence-electron chi connectivity index (χ4n) is 1.65. The fraction of sp³-hybridized carbons (Fsp3) is 0.273. The summed E-state index contributed by atoms with van der Waals surface area (Å²) in [5.41, 5.74) is 0.872. The molecule has 3 nitrogen and oxygen atoms in total. The van der Waals surface area contributed by atoms with Crippen molar-refractivity contribution in [2.45, 2.75) is 5.38 Å². The van der Waals surface area contributed by atoms with Gasteiger partial charge in [0.15, 0.2) is 0 Å². The summed E-state index contributed by atoms with van der Waals surface area (Å²) in [6, 6.07) is 6.74. The smallest absolute Gasteiger partial charge is 0.261 e. The third kappa shape index (κ3) is 1.81. The minimum absolute atomic E-state index is 0.150. The minimum Gasteiger partial charge on any atom is -0.273 e. The molecule has 0 spiro atoms. The number of hydrogen-bond acceptors (Lipinski definition) is 2. The molecule has 2 amide bonds. The number of carbonyl (C=O) groups excluding carboxylic acids is 2. The van der Waals surface area contributed by atoms with Gasteiger partial charge in [0.2, 0.25) is 0 Å². The number of rotatable bonds is 3. The monoisotopic (exact) mass is 257 g/mol. The van der Waals surface area contributed by atoms with E-state index in [0.717, 1.165) is 4.90 Å². The van der Waals surface area contributed by atoms with Gasteiger partial charge < -0.3 is 0 Å². The van der Waals surface area contributed by atoms with Gasteiger partial charge in [-0.15, -0.1) is 23.2 Å². The first kappa shape index (κ1) is 11.4. The lowest BCUT2D eigenvalue weighted by atomic mass is 10.1. The highest BCUT2D eigenvalue weighted by atomic mass is 35.5. The van der Waals surface area contributed by atoms with Crippen LogP contribution in [0.2, 0.25) is 0 Å². The van der Waals surface area contributed by atoms with Crippen molar-refractivity contribution in [1.29, 1.82) is 0 Å². The van der Waals surface area contributed by atoms with E-state index in [2.05, 4.69) is 0 Å². The van der Waals surface area contributed by atoms with Gasteiger partial charge in [0, 0.05) is 12.4 Å². The van der Waals surface area contributed by atoms with Crippen LogP contribution in [0.5, 0.6) is 0 Å². The molecule has 0 aliphatic carbocycles. The first-order valence-corrected chi connectivity index (χ1v) is 5.77. The van der Waals surface area contributed by atoms with Crippen LogP contribution in [0.25, 0.3) is 0 Å². The Morgan fingerprint density at radius 3 is 2.06 bits per heavy atom. The molecule has 1 aliphatic rings. The van der Waals surface area contributed by atoms with Gasteiger partial charge in [0.1, 0.15) is 0 Å². The van der Waals surface area contributed by atoms with Crippen molar-refractivity contribution in [3.05, 3.63) is 35.4 Å². The lowest BCUT2D eigenvalue weighted by Gasteiger charge is -2.15. The third-order valence-corrected chi connectivity index (χ3v) is 3.25. The number of benzene rings is 1. The minimum atomic E-state index is -0.413. The number of imide groups is 1. The summed E-state index contributed by atoms with van der Waals surface area (Å²) in [6.45, 7) is 0.150. The molecule has 1 aromatic carbocycles. The van der Waals surface area contributed by atoms with Crippen molar-refractivity contribution in [1.82, 2.24) is 4.90 Å². The van der Waals surface area contributed by atoms with E-state index < -0.39 is 5.38 Å². The highest BCUT2D eigenvalue weighted by Crippen LogP contribution is 2.23. The Kier molecular flexibility index (Phi) is 3.17. The molecule has 1 atom stereocenters. The molecule has 1 heterocycles. The predicted octanol–water partition coefficient (Wildman–Crippen LogP) is 2.13. The van der Waals surface area contributed by atoms with Crippen molar-refractivity contribution >= 4 is 35.0 Å². The van der Waals surface area contributed by atoms with E-state index in [-0.39, 0.29) is 24.2 Å². The molecule has 0 saturated heterocycles. The summed E-state index contributed by atoms with van der Waals surface area (Å²) in [6.07, 6.45) is 0. The molecule has 2 rings (SSSR count). The van der Waals surface area contributed by atoms with Crippen molar-refractivity contribution in [2.24, 2.45) is 0 Å². The lowest BCUT2D eigenvalue weighted by molar-refractivity contribution is 0.0656. The Labute approximate surface area is 103 Å².